The molecule has 0 saturated heterocycles. The molecule has 1 aliphatic rings. The largest absolute Gasteiger partial charge is 0.459 e. The first-order valence-corrected chi connectivity index (χ1v) is 12.5. The van der Waals surface area contributed by atoms with E-state index in [9.17, 15) is 9.59 Å². The van der Waals surface area contributed by atoms with Gasteiger partial charge in [0.05, 0.1) is 13.8 Å². The number of hydrogen-bond donors (Lipinski definition) is 0. The summed E-state index contributed by atoms with van der Waals surface area (Å²) in [6.45, 7) is 23.9. The van der Waals surface area contributed by atoms with Crippen molar-refractivity contribution < 1.29 is 14.3 Å². The van der Waals surface area contributed by atoms with Crippen molar-refractivity contribution in [1.82, 2.24) is 0 Å². The monoisotopic (exact) mass is 434 g/mol. The average molecular weight is 435 g/mol. The van der Waals surface area contributed by atoms with Gasteiger partial charge in [0.15, 0.2) is 0 Å². The van der Waals surface area contributed by atoms with E-state index in [1.54, 1.807) is 0 Å². The van der Waals surface area contributed by atoms with Crippen LogP contribution >= 0.6 is 0 Å². The molecule has 1 fully saturated rings. The summed E-state index contributed by atoms with van der Waals surface area (Å²) in [7, 11) is 6.92. The Labute approximate surface area is 195 Å². The highest BCUT2D eigenvalue weighted by Crippen LogP contribution is 2.53. The van der Waals surface area contributed by atoms with Gasteiger partial charge in [0.1, 0.15) is 11.4 Å². The van der Waals surface area contributed by atoms with Crippen LogP contribution in [0.1, 0.15) is 122 Å². The van der Waals surface area contributed by atoms with Gasteiger partial charge in [-0.05, 0) is 38.5 Å². The highest BCUT2D eigenvalue weighted by atomic mass is 16.6. The molecule has 1 rings (SSSR count). The Kier molecular flexibility index (Phi) is 11.1. The Morgan fingerprint density at radius 2 is 1.42 bits per heavy atom. The van der Waals surface area contributed by atoms with Crippen LogP contribution in [0.5, 0.6) is 0 Å². The molecule has 0 N–H and O–H groups in total. The van der Waals surface area contributed by atoms with Crippen LogP contribution in [0.3, 0.4) is 0 Å². The van der Waals surface area contributed by atoms with Gasteiger partial charge in [-0.3, -0.25) is 9.59 Å². The molecule has 1 aliphatic carbocycles. The van der Waals surface area contributed by atoms with E-state index in [-0.39, 0.29) is 22.7 Å². The van der Waals surface area contributed by atoms with Crippen molar-refractivity contribution >= 4 is 19.6 Å². The summed E-state index contributed by atoms with van der Waals surface area (Å²) in [5, 5.41) is -0.452. The highest BCUT2D eigenvalue weighted by molar-refractivity contribution is 6.15. The Balaban J connectivity index is 0.00000436. The predicted octanol–water partition coefficient (Wildman–Crippen LogP) is 7.57. The molecule has 0 bridgehead atoms. The molecule has 3 nitrogen and oxygen atoms in total. The molecule has 0 aromatic heterocycles. The summed E-state index contributed by atoms with van der Waals surface area (Å²) < 4.78 is 5.77. The fourth-order valence-electron chi connectivity index (χ4n) is 5.56. The molecule has 0 aliphatic heterocycles. The maximum Gasteiger partial charge on any atom is 0.308 e. The van der Waals surface area contributed by atoms with Crippen molar-refractivity contribution in [2.75, 3.05) is 0 Å². The second-order valence-corrected chi connectivity index (χ2v) is 12.3. The van der Waals surface area contributed by atoms with Gasteiger partial charge in [-0.1, -0.05) is 100 Å². The van der Waals surface area contributed by atoms with Crippen molar-refractivity contribution in [3.05, 3.63) is 0 Å². The third kappa shape index (κ3) is 9.30. The van der Waals surface area contributed by atoms with E-state index in [0.29, 0.717) is 24.0 Å². The molecule has 0 aromatic carbocycles. The zero-order chi connectivity index (χ0) is 24.8. The molecule has 180 valence electrons. The number of ketones is 1. The van der Waals surface area contributed by atoms with Gasteiger partial charge in [-0.15, -0.1) is 0 Å². The van der Waals surface area contributed by atoms with Crippen LogP contribution < -0.4 is 0 Å². The first-order valence-electron chi connectivity index (χ1n) is 12.5. The number of esters is 1. The highest BCUT2D eigenvalue weighted by Gasteiger charge is 2.45. The van der Waals surface area contributed by atoms with E-state index in [1.165, 1.54) is 12.8 Å². The third-order valence-electron chi connectivity index (χ3n) is 6.48. The fourth-order valence-corrected chi connectivity index (χ4v) is 5.56. The summed E-state index contributed by atoms with van der Waals surface area (Å²) in [6, 6.07) is 0. The van der Waals surface area contributed by atoms with Crippen molar-refractivity contribution in [1.29, 1.82) is 0 Å². The maximum absolute atomic E-state index is 13.0. The Hall–Kier alpha value is -0.795. The minimum Gasteiger partial charge on any atom is -0.459 e. The molecule has 0 amide bonds. The minimum absolute atomic E-state index is 0.148. The van der Waals surface area contributed by atoms with E-state index in [2.05, 4.69) is 20.8 Å². The lowest BCUT2D eigenvalue weighted by Gasteiger charge is -2.48. The van der Waals surface area contributed by atoms with E-state index in [4.69, 9.17) is 12.6 Å². The summed E-state index contributed by atoms with van der Waals surface area (Å²) in [4.78, 5) is 25.2. The summed E-state index contributed by atoms with van der Waals surface area (Å²) >= 11 is 0. The minimum atomic E-state index is -0.608. The Bertz CT molecular complexity index is 582. The number of Topliss-reactive ketones (excluding diaryl/α,β-unsaturated/α-hetero) is 1. The van der Waals surface area contributed by atoms with Gasteiger partial charge < -0.3 is 4.74 Å². The quantitative estimate of drug-likeness (QED) is 0.292. The van der Waals surface area contributed by atoms with Gasteiger partial charge in [0.2, 0.25) is 0 Å². The number of hydrogen-bond acceptors (Lipinski definition) is 3. The smallest absolute Gasteiger partial charge is 0.308 e. The first-order chi connectivity index (χ1) is 13.9. The summed E-state index contributed by atoms with van der Waals surface area (Å²) in [5.74, 6) is 0.726. The average Bonchev–Trinajstić information content (AvgIpc) is 2.60. The zero-order valence-corrected chi connectivity index (χ0v) is 22.8. The lowest BCUT2D eigenvalue weighted by Crippen LogP contribution is -2.42. The topological polar surface area (TPSA) is 43.4 Å². The third-order valence-corrected chi connectivity index (χ3v) is 6.48. The van der Waals surface area contributed by atoms with E-state index < -0.39 is 10.9 Å². The molecule has 3 atom stereocenters. The number of rotatable bonds is 8. The van der Waals surface area contributed by atoms with Crippen LogP contribution in [-0.2, 0) is 14.3 Å². The number of carbonyl (C=O) groups excluding carboxylic acids is 2. The van der Waals surface area contributed by atoms with Crippen molar-refractivity contribution in [3.8, 4) is 0 Å². The fraction of sp³-hybridized carbons (Fsp3) is 0.926. The zero-order valence-electron chi connectivity index (χ0n) is 22.8. The van der Waals surface area contributed by atoms with Crippen LogP contribution in [0.25, 0.3) is 0 Å². The van der Waals surface area contributed by atoms with Crippen LogP contribution in [0.2, 0.25) is 5.31 Å². The van der Waals surface area contributed by atoms with Gasteiger partial charge in [-0.2, -0.15) is 0 Å². The van der Waals surface area contributed by atoms with Gasteiger partial charge >= 0.3 is 5.97 Å². The number of ether oxygens (including phenoxy) is 1. The molecule has 0 spiro atoms. The molecule has 0 heterocycles. The second kappa shape index (κ2) is 11.4. The molecule has 1 saturated carbocycles. The molecule has 3 unspecified atom stereocenters. The van der Waals surface area contributed by atoms with Gasteiger partial charge in [0.25, 0.3) is 0 Å². The Morgan fingerprint density at radius 3 is 1.87 bits per heavy atom. The van der Waals surface area contributed by atoms with Gasteiger partial charge in [0, 0.05) is 10.8 Å². The molecular weight excluding hydrogens is 383 g/mol. The standard InChI is InChI=1S/C25H45BO3.C2H6/c1-17(2)20(27)29-24(8,9)16-25(10,26)19-14-12-11-13-18(19)15-23(6,7)21(28)22(3,4)5;1-2/h17-19H,11-16H2,1-10H3;1-2H3. The molecular formula is C27H51BO3. The van der Waals surface area contributed by atoms with Crippen LogP contribution in [0, 0.1) is 28.6 Å². The van der Waals surface area contributed by atoms with E-state index >= 15 is 0 Å². The maximum atomic E-state index is 13.0. The summed E-state index contributed by atoms with van der Waals surface area (Å²) in [5.41, 5.74) is -1.31. The normalized spacial score (nSPS) is 22.2. The Morgan fingerprint density at radius 1 is 0.935 bits per heavy atom. The van der Waals surface area contributed by atoms with Crippen molar-refractivity contribution in [2.45, 2.75) is 133 Å². The SMILES string of the molecule is CC.[B]C(C)(CC(C)(C)OC(=O)C(C)C)C1CCCCC1CC(C)(C)C(=O)C(C)(C)C. The van der Waals surface area contributed by atoms with Crippen LogP contribution in [0.4, 0.5) is 0 Å². The van der Waals surface area contributed by atoms with E-state index in [0.717, 1.165) is 19.3 Å². The van der Waals surface area contributed by atoms with E-state index in [1.807, 2.05) is 62.3 Å². The lowest BCUT2D eigenvalue weighted by molar-refractivity contribution is -0.162. The van der Waals surface area contributed by atoms with Crippen LogP contribution in [-0.4, -0.2) is 25.2 Å². The second-order valence-electron chi connectivity index (χ2n) is 12.3. The molecule has 0 aromatic rings. The number of carbonyl (C=O) groups is 2. The van der Waals surface area contributed by atoms with Crippen molar-refractivity contribution in [3.63, 3.8) is 0 Å². The first kappa shape index (κ1) is 30.2. The molecule has 4 heteroatoms. The summed E-state index contributed by atoms with van der Waals surface area (Å²) in [6.07, 6.45) is 6.05. The molecule has 2 radical (unpaired) electrons. The van der Waals surface area contributed by atoms with Crippen molar-refractivity contribution in [2.24, 2.45) is 28.6 Å². The van der Waals surface area contributed by atoms with Gasteiger partial charge in [-0.25, -0.2) is 0 Å². The predicted molar refractivity (Wildman–Crippen MR) is 133 cm³/mol. The van der Waals surface area contributed by atoms with Crippen LogP contribution in [0.15, 0.2) is 0 Å². The lowest BCUT2D eigenvalue weighted by atomic mass is 9.50. The molecule has 31 heavy (non-hydrogen) atoms.